The van der Waals surface area contributed by atoms with Gasteiger partial charge in [0, 0.05) is 23.7 Å². The molecule has 38 rings (SSSR count). The molecule has 0 radical (unpaired) electrons. The van der Waals surface area contributed by atoms with Gasteiger partial charge in [0.2, 0.25) is 0 Å². The quantitative estimate of drug-likeness (QED) is 0.0194. The molecule has 0 amide bonds. The van der Waals surface area contributed by atoms with E-state index in [1.54, 1.807) is 55.4 Å². The Labute approximate surface area is 655 Å². The summed E-state index contributed by atoms with van der Waals surface area (Å²) in [5.74, 6) is -5.65. The van der Waals surface area contributed by atoms with Gasteiger partial charge in [-0.3, -0.25) is 38.4 Å². The van der Waals surface area contributed by atoms with Crippen LogP contribution in [0.1, 0.15) is 167 Å². The normalized spacial score (nSPS) is 32.0. The SMILES string of the molecule is CCOC(=O)C1(C(=O)OCC)C23c4c5c6c7c8c4-c4c2c2c9c%10c%11c%12c%13c%14c%15c%16c%17c%18c%19c%20c%21c%22c%23c(c4C%224C(C(=O)OCC)(C(=O)OCC)C84c4c-7c7c8c(c4-%21)C%204C(C(=O)OCC)(C(=O)OCC)C%174c4c-8c8c%17c(c4-%16)C4(c%16c-%17c(c-5c(c%16-%11)C%1013)C61CN(c3ccc(SC#N)cc3)CC781)C(C(=O)OCC)(C(=O)OCC)C%12%154)c2c(c9%13)c(c%19%23)c%18%14. The Kier molecular flexibility index (Phi) is 6.71. The molecule has 24 aliphatic carbocycles. The van der Waals surface area contributed by atoms with E-state index in [0.717, 1.165) is 298 Å². The maximum atomic E-state index is 18.0. The van der Waals surface area contributed by atoms with E-state index in [-0.39, 0.29) is 52.9 Å². The number of nitrogens with zero attached hydrogens (tertiary/aromatic N) is 2. The molecule has 19 heteroatoms. The van der Waals surface area contributed by atoms with Gasteiger partial charge in [-0.05, 0) is 367 Å². The number of esters is 8. The number of thioether (sulfide) groups is 1. The lowest BCUT2D eigenvalue weighted by Gasteiger charge is -2.51. The molecule has 0 aromatic heterocycles. The van der Waals surface area contributed by atoms with Crippen molar-refractivity contribution < 1.29 is 76.3 Å². The molecule has 1 aliphatic heterocycles. The highest BCUT2D eigenvalue weighted by Crippen LogP contribution is 3.11. The van der Waals surface area contributed by atoms with Crippen LogP contribution in [0.3, 0.4) is 0 Å². The van der Waals surface area contributed by atoms with Gasteiger partial charge in [0.05, 0.1) is 107 Å². The van der Waals surface area contributed by atoms with Gasteiger partial charge in [-0.1, -0.05) is 0 Å². The zero-order valence-electron chi connectivity index (χ0n) is 62.7. The van der Waals surface area contributed by atoms with E-state index in [4.69, 9.17) is 37.9 Å². The van der Waals surface area contributed by atoms with Crippen LogP contribution in [0.4, 0.5) is 5.69 Å². The maximum absolute atomic E-state index is 18.0. The van der Waals surface area contributed by atoms with Crippen LogP contribution in [-0.2, 0) is 130 Å². The lowest BCUT2D eigenvalue weighted by atomic mass is 9.48. The predicted octanol–water partition coefficient (Wildman–Crippen LogP) is 12.8. The van der Waals surface area contributed by atoms with Crippen LogP contribution in [0, 0.1) is 32.3 Å². The fourth-order valence-corrected chi connectivity index (χ4v) is 39.1. The maximum Gasteiger partial charge on any atom is 0.326 e. The van der Waals surface area contributed by atoms with E-state index < -0.39 is 124 Å². The Morgan fingerprint density at radius 3 is 0.647 bits per heavy atom. The van der Waals surface area contributed by atoms with Gasteiger partial charge in [0.25, 0.3) is 0 Å². The lowest BCUT2D eigenvalue weighted by Crippen LogP contribution is -2.52. The standard InChI is InChI=1S/C97H48N2O16S/c1-9-108-76(100)94(77(101)109-10-2)86-60-32-28-26-27-29-33(32)61(86)49-53-69-41-43-59-47-46-58-42-40-56-44-45(57(41)85(59)22-99(21-84(56,58)85)24-17-19-25(20-18-24)116-23-98)73(53)92(86,94)72(44)52-48(60)64-36(28)38-30(26)34-35-31(27)39-37(29)65(49)89(69)91(97(89,82(106)114-15-7)83(107)115-16-8)67(39)51-55(71(43)91)75(47)93-74(46)54-50(62(34)87(93,63(35)51)95(93,78(102)110-11-3)79(103)111-12-4)66(38)90(70(42)54)88(64,68(40)52)96(90,80(104)112-13-5)81(105)113-14-6/h17-20H,9-16,21-22H2,1-8H3. The first-order valence-electron chi connectivity index (χ1n) is 41.7. The van der Waals surface area contributed by atoms with Crippen molar-refractivity contribution >= 4 is 141 Å². The molecule has 0 bridgehead atoms. The molecule has 18 nitrogen and oxygen atoms in total. The van der Waals surface area contributed by atoms with Crippen LogP contribution in [0.2, 0.25) is 0 Å². The molecule has 4 saturated carbocycles. The highest BCUT2D eigenvalue weighted by atomic mass is 32.2. The topological polar surface area (TPSA) is 237 Å². The van der Waals surface area contributed by atoms with Gasteiger partial charge in [0.1, 0.15) is 5.40 Å². The van der Waals surface area contributed by atoms with E-state index >= 15 is 38.4 Å². The number of benzene rings is 11. The summed E-state index contributed by atoms with van der Waals surface area (Å²) in [5, 5.41) is 25.3. The highest BCUT2D eigenvalue weighted by molar-refractivity contribution is 8.03. The minimum absolute atomic E-state index is 0.0823. The zero-order valence-corrected chi connectivity index (χ0v) is 63.5. The van der Waals surface area contributed by atoms with Crippen molar-refractivity contribution in [2.24, 2.45) is 21.7 Å². The Bertz CT molecular complexity index is 7570. The van der Waals surface area contributed by atoms with Gasteiger partial charge in [0.15, 0.2) is 21.7 Å². The molecule has 4 atom stereocenters. The Morgan fingerprint density at radius 2 is 0.448 bits per heavy atom. The molecule has 116 heavy (non-hydrogen) atoms. The van der Waals surface area contributed by atoms with Crippen LogP contribution in [-0.4, -0.2) is 114 Å². The predicted molar refractivity (Wildman–Crippen MR) is 412 cm³/mol. The van der Waals surface area contributed by atoms with Gasteiger partial charge in [-0.25, -0.2) is 0 Å². The molecule has 4 unspecified atom stereocenters. The molecule has 1 saturated heterocycles. The van der Waals surface area contributed by atoms with Crippen molar-refractivity contribution in [3.8, 4) is 94.4 Å². The fraction of sp³-hybridized carbons (Fsp3) is 0.330. The average Bonchev–Trinajstić information content (AvgIpc) is 1.32. The Morgan fingerprint density at radius 1 is 0.276 bits per heavy atom. The number of rotatable bonds is 18. The van der Waals surface area contributed by atoms with Crippen molar-refractivity contribution in [1.29, 1.82) is 5.26 Å². The van der Waals surface area contributed by atoms with Crippen molar-refractivity contribution in [2.75, 3.05) is 70.8 Å². The summed E-state index contributed by atoms with van der Waals surface area (Å²) in [7, 11) is 0. The third-order valence-electron chi connectivity index (χ3n) is 38.1. The van der Waals surface area contributed by atoms with Gasteiger partial charge >= 0.3 is 47.8 Å². The second kappa shape index (κ2) is 13.8. The molecule has 10 spiro atoms. The summed E-state index contributed by atoms with van der Waals surface area (Å²) in [5.41, 5.74) is 6.47. The summed E-state index contributed by atoms with van der Waals surface area (Å²) >= 11 is 1.10. The number of nitriles is 1. The van der Waals surface area contributed by atoms with E-state index in [9.17, 15) is 5.26 Å². The monoisotopic (exact) mass is 1530 g/mol. The van der Waals surface area contributed by atoms with E-state index in [1.807, 2.05) is 12.1 Å². The van der Waals surface area contributed by atoms with Crippen LogP contribution in [0.5, 0.6) is 0 Å². The fourth-order valence-electron chi connectivity index (χ4n) is 38.7. The van der Waals surface area contributed by atoms with E-state index in [0.29, 0.717) is 13.1 Å². The number of carbonyl (C=O) groups excluding carboxylic acids is 8. The Hall–Kier alpha value is -11.9. The minimum Gasteiger partial charge on any atom is -0.465 e. The number of anilines is 1. The van der Waals surface area contributed by atoms with Crippen LogP contribution in [0.15, 0.2) is 29.2 Å². The van der Waals surface area contributed by atoms with Gasteiger partial charge < -0.3 is 42.8 Å². The summed E-state index contributed by atoms with van der Waals surface area (Å²) in [6.45, 7) is 14.4. The number of hydrogen-bond acceptors (Lipinski definition) is 19. The molecule has 0 N–H and O–H groups in total. The first kappa shape index (κ1) is 56.4. The van der Waals surface area contributed by atoms with Crippen molar-refractivity contribution in [2.45, 2.75) is 114 Å². The Balaban J connectivity index is 0.916. The summed E-state index contributed by atoms with van der Waals surface area (Å²) < 4.78 is 55.5. The second-order valence-electron chi connectivity index (χ2n) is 37.9. The average molecular weight is 1530 g/mol. The summed E-state index contributed by atoms with van der Waals surface area (Å²) in [6, 6.07) is 8.29. The van der Waals surface area contributed by atoms with E-state index in [1.165, 1.54) is 0 Å². The van der Waals surface area contributed by atoms with Crippen molar-refractivity contribution in [3.63, 3.8) is 0 Å². The molecule has 13 aromatic carbocycles. The zero-order chi connectivity index (χ0) is 76.2. The van der Waals surface area contributed by atoms with Crippen molar-refractivity contribution in [3.05, 3.63) is 136 Å². The highest BCUT2D eigenvalue weighted by Gasteiger charge is 3.13. The van der Waals surface area contributed by atoms with Crippen LogP contribution in [0.25, 0.3) is 164 Å². The number of carbonyl (C=O) groups is 8. The molecule has 5 fully saturated rings. The molecular weight excluding hydrogens is 1480 g/mol. The number of thiocyanates is 1. The molecule has 13 aromatic rings. The van der Waals surface area contributed by atoms with Gasteiger partial charge in [-0.15, -0.1) is 0 Å². The molecular formula is C97H48N2O16S. The number of hydrogen-bond donors (Lipinski definition) is 0. The largest absolute Gasteiger partial charge is 0.465 e. The molecule has 548 valence electrons. The smallest absolute Gasteiger partial charge is 0.326 e. The van der Waals surface area contributed by atoms with Crippen LogP contribution < -0.4 is 4.90 Å². The van der Waals surface area contributed by atoms with E-state index in [2.05, 4.69) is 22.4 Å². The molecule has 1 heterocycles. The molecule has 25 aliphatic rings. The van der Waals surface area contributed by atoms with Gasteiger partial charge in [-0.2, -0.15) is 5.26 Å². The minimum atomic E-state index is -2.24. The summed E-state index contributed by atoms with van der Waals surface area (Å²) in [4.78, 5) is 147. The third-order valence-corrected chi connectivity index (χ3v) is 38.7. The van der Waals surface area contributed by atoms with Crippen molar-refractivity contribution in [1.82, 2.24) is 0 Å². The van der Waals surface area contributed by atoms with Crippen LogP contribution >= 0.6 is 11.8 Å². The second-order valence-corrected chi connectivity index (χ2v) is 38.7. The number of ether oxygens (including phenoxy) is 8. The lowest BCUT2D eigenvalue weighted by molar-refractivity contribution is -0.167. The summed E-state index contributed by atoms with van der Waals surface area (Å²) in [6.07, 6.45) is 0. The first-order valence-corrected chi connectivity index (χ1v) is 42.6. The third kappa shape index (κ3) is 3.15. The first-order chi connectivity index (χ1) is 56.6.